The van der Waals surface area contributed by atoms with Crippen molar-refractivity contribution in [3.63, 3.8) is 0 Å². The van der Waals surface area contributed by atoms with Crippen LogP contribution in [0.15, 0.2) is 0 Å². The largest absolute Gasteiger partial charge is 0.384 e. The average Bonchev–Trinajstić information content (AvgIpc) is 2.22. The van der Waals surface area contributed by atoms with Crippen LogP contribution in [0.25, 0.3) is 0 Å². The maximum atomic E-state index is 11.6. The van der Waals surface area contributed by atoms with E-state index in [0.717, 1.165) is 6.54 Å². The zero-order valence-electron chi connectivity index (χ0n) is 11.3. The van der Waals surface area contributed by atoms with E-state index in [4.69, 9.17) is 4.74 Å². The Morgan fingerprint density at radius 1 is 1.24 bits per heavy atom. The van der Waals surface area contributed by atoms with Crippen LogP contribution in [0.1, 0.15) is 27.2 Å². The van der Waals surface area contributed by atoms with Crippen molar-refractivity contribution in [3.05, 3.63) is 0 Å². The van der Waals surface area contributed by atoms with E-state index in [1.165, 1.54) is 0 Å². The van der Waals surface area contributed by atoms with Crippen molar-refractivity contribution in [1.82, 2.24) is 10.0 Å². The highest BCUT2D eigenvalue weighted by atomic mass is 32.2. The summed E-state index contributed by atoms with van der Waals surface area (Å²) >= 11 is 0. The minimum atomic E-state index is -3.14. The van der Waals surface area contributed by atoms with Gasteiger partial charge in [-0.25, -0.2) is 13.1 Å². The second-order valence-corrected chi connectivity index (χ2v) is 6.62. The molecule has 0 heterocycles. The van der Waals surface area contributed by atoms with Gasteiger partial charge in [-0.05, 0) is 18.9 Å². The van der Waals surface area contributed by atoms with Gasteiger partial charge in [0.25, 0.3) is 0 Å². The number of rotatable bonds is 10. The molecule has 0 aliphatic rings. The molecule has 0 rings (SSSR count). The van der Waals surface area contributed by atoms with Crippen molar-refractivity contribution in [2.75, 3.05) is 32.6 Å². The molecule has 0 radical (unpaired) electrons. The summed E-state index contributed by atoms with van der Waals surface area (Å²) in [5.41, 5.74) is 0. The highest BCUT2D eigenvalue weighted by Crippen LogP contribution is 1.96. The Labute approximate surface area is 105 Å². The molecule has 0 aliphatic carbocycles. The van der Waals surface area contributed by atoms with Gasteiger partial charge in [-0.2, -0.15) is 0 Å². The van der Waals surface area contributed by atoms with E-state index in [1.54, 1.807) is 7.11 Å². The summed E-state index contributed by atoms with van der Waals surface area (Å²) in [7, 11) is -1.52. The third-order valence-corrected chi connectivity index (χ3v) is 3.68. The fourth-order valence-corrected chi connectivity index (χ4v) is 2.54. The van der Waals surface area contributed by atoms with Crippen molar-refractivity contribution in [1.29, 1.82) is 0 Å². The SMILES string of the molecule is COCC(C)CNS(=O)(=O)CCCNC(C)C. The Balaban J connectivity index is 3.73. The molecule has 0 spiro atoms. The highest BCUT2D eigenvalue weighted by molar-refractivity contribution is 7.89. The van der Waals surface area contributed by atoms with E-state index in [1.807, 2.05) is 20.8 Å². The minimum absolute atomic E-state index is 0.173. The summed E-state index contributed by atoms with van der Waals surface area (Å²) in [6.45, 7) is 7.77. The van der Waals surface area contributed by atoms with E-state index >= 15 is 0 Å². The molecule has 0 aliphatic heterocycles. The van der Waals surface area contributed by atoms with Crippen molar-refractivity contribution in [3.8, 4) is 0 Å². The van der Waals surface area contributed by atoms with Crippen LogP contribution in [0.3, 0.4) is 0 Å². The predicted octanol–water partition coefficient (Wildman–Crippen LogP) is 0.576. The van der Waals surface area contributed by atoms with Crippen LogP contribution in [-0.2, 0) is 14.8 Å². The van der Waals surface area contributed by atoms with Gasteiger partial charge < -0.3 is 10.1 Å². The molecule has 0 aromatic carbocycles. The van der Waals surface area contributed by atoms with E-state index in [2.05, 4.69) is 10.0 Å². The van der Waals surface area contributed by atoms with Crippen LogP contribution in [0, 0.1) is 5.92 Å². The second-order valence-electron chi connectivity index (χ2n) is 4.69. The van der Waals surface area contributed by atoms with E-state index in [9.17, 15) is 8.42 Å². The first-order valence-corrected chi connectivity index (χ1v) is 7.72. The first-order chi connectivity index (χ1) is 7.87. The predicted molar refractivity (Wildman–Crippen MR) is 70.6 cm³/mol. The molecule has 6 heteroatoms. The lowest BCUT2D eigenvalue weighted by atomic mass is 10.2. The smallest absolute Gasteiger partial charge is 0.211 e. The van der Waals surface area contributed by atoms with Gasteiger partial charge in [0.2, 0.25) is 10.0 Å². The molecule has 0 amide bonds. The maximum absolute atomic E-state index is 11.6. The number of methoxy groups -OCH3 is 1. The zero-order valence-corrected chi connectivity index (χ0v) is 12.1. The standard InChI is InChI=1S/C11H26N2O3S/c1-10(2)12-6-5-7-17(14,15)13-8-11(3)9-16-4/h10-13H,5-9H2,1-4H3. The monoisotopic (exact) mass is 266 g/mol. The van der Waals surface area contributed by atoms with E-state index < -0.39 is 10.0 Å². The Morgan fingerprint density at radius 3 is 2.41 bits per heavy atom. The summed E-state index contributed by atoms with van der Waals surface area (Å²) in [4.78, 5) is 0. The van der Waals surface area contributed by atoms with Gasteiger partial charge in [-0.3, -0.25) is 0 Å². The normalized spacial score (nSPS) is 14.2. The third-order valence-electron chi connectivity index (χ3n) is 2.25. The number of sulfonamides is 1. The zero-order chi connectivity index (χ0) is 13.3. The quantitative estimate of drug-likeness (QED) is 0.568. The van der Waals surface area contributed by atoms with Crippen LogP contribution in [-0.4, -0.2) is 47.0 Å². The minimum Gasteiger partial charge on any atom is -0.384 e. The molecular weight excluding hydrogens is 240 g/mol. The van der Waals surface area contributed by atoms with Crippen LogP contribution in [0.2, 0.25) is 0 Å². The lowest BCUT2D eigenvalue weighted by molar-refractivity contribution is 0.161. The van der Waals surface area contributed by atoms with Crippen molar-refractivity contribution < 1.29 is 13.2 Å². The van der Waals surface area contributed by atoms with Crippen LogP contribution in [0.5, 0.6) is 0 Å². The van der Waals surface area contributed by atoms with Gasteiger partial charge >= 0.3 is 0 Å². The van der Waals surface area contributed by atoms with E-state index in [-0.39, 0.29) is 11.7 Å². The summed E-state index contributed by atoms with van der Waals surface area (Å²) in [5.74, 6) is 0.371. The number of nitrogens with one attached hydrogen (secondary N) is 2. The van der Waals surface area contributed by atoms with Crippen molar-refractivity contribution in [2.45, 2.75) is 33.2 Å². The molecule has 0 saturated carbocycles. The van der Waals surface area contributed by atoms with Gasteiger partial charge in [-0.15, -0.1) is 0 Å². The van der Waals surface area contributed by atoms with Gasteiger partial charge in [0.15, 0.2) is 0 Å². The molecule has 1 atom stereocenters. The third kappa shape index (κ3) is 10.7. The van der Waals surface area contributed by atoms with Crippen molar-refractivity contribution >= 4 is 10.0 Å². The molecule has 0 bridgehead atoms. The summed E-state index contributed by atoms with van der Waals surface area (Å²) in [6.07, 6.45) is 0.631. The topological polar surface area (TPSA) is 67.4 Å². The molecule has 17 heavy (non-hydrogen) atoms. The lowest BCUT2D eigenvalue weighted by Gasteiger charge is -2.12. The van der Waals surface area contributed by atoms with E-state index in [0.29, 0.717) is 25.6 Å². The molecular formula is C11H26N2O3S. The molecule has 0 saturated heterocycles. The summed E-state index contributed by atoms with van der Waals surface area (Å²) < 4.78 is 30.8. The molecule has 0 fully saturated rings. The Bertz CT molecular complexity index is 278. The van der Waals surface area contributed by atoms with Gasteiger partial charge in [0, 0.05) is 26.3 Å². The fourth-order valence-electron chi connectivity index (χ4n) is 1.34. The first kappa shape index (κ1) is 16.8. The summed E-state index contributed by atoms with van der Waals surface area (Å²) in [5, 5.41) is 3.19. The Kier molecular flexibility index (Phi) is 8.77. The van der Waals surface area contributed by atoms with Gasteiger partial charge in [0.1, 0.15) is 0 Å². The fraction of sp³-hybridized carbons (Fsp3) is 1.00. The van der Waals surface area contributed by atoms with Crippen LogP contribution >= 0.6 is 0 Å². The Hall–Kier alpha value is -0.170. The first-order valence-electron chi connectivity index (χ1n) is 6.07. The number of hydrogen-bond acceptors (Lipinski definition) is 4. The highest BCUT2D eigenvalue weighted by Gasteiger charge is 2.11. The van der Waals surface area contributed by atoms with Gasteiger partial charge in [-0.1, -0.05) is 20.8 Å². The maximum Gasteiger partial charge on any atom is 0.211 e. The second kappa shape index (κ2) is 8.85. The molecule has 0 aromatic rings. The number of hydrogen-bond donors (Lipinski definition) is 2. The number of ether oxygens (including phenoxy) is 1. The molecule has 0 aromatic heterocycles. The molecule has 1 unspecified atom stereocenters. The van der Waals surface area contributed by atoms with Gasteiger partial charge in [0.05, 0.1) is 5.75 Å². The molecule has 104 valence electrons. The molecule has 2 N–H and O–H groups in total. The Morgan fingerprint density at radius 2 is 1.88 bits per heavy atom. The van der Waals surface area contributed by atoms with Crippen LogP contribution < -0.4 is 10.0 Å². The summed E-state index contributed by atoms with van der Waals surface area (Å²) in [6, 6.07) is 0.396. The average molecular weight is 266 g/mol. The lowest BCUT2D eigenvalue weighted by Crippen LogP contribution is -2.33. The molecule has 5 nitrogen and oxygen atoms in total. The van der Waals surface area contributed by atoms with Crippen LogP contribution in [0.4, 0.5) is 0 Å². The van der Waals surface area contributed by atoms with Crippen molar-refractivity contribution in [2.24, 2.45) is 5.92 Å².